The molecule has 0 aliphatic heterocycles. The number of aryl methyl sites for hydroxylation is 1. The van der Waals surface area contributed by atoms with E-state index in [4.69, 9.17) is 10.2 Å². The van der Waals surface area contributed by atoms with Crippen LogP contribution in [-0.4, -0.2) is 15.0 Å². The van der Waals surface area contributed by atoms with E-state index < -0.39 is 0 Å². The van der Waals surface area contributed by atoms with Gasteiger partial charge < -0.3 is 10.2 Å². The molecule has 13 heavy (non-hydrogen) atoms. The lowest BCUT2D eigenvalue weighted by atomic mass is 10.3. The van der Waals surface area contributed by atoms with Gasteiger partial charge in [0.1, 0.15) is 11.5 Å². The molecule has 2 aromatic rings. The fourth-order valence-corrected chi connectivity index (χ4v) is 1.14. The summed E-state index contributed by atoms with van der Waals surface area (Å²) in [5, 5.41) is 7.56. The highest BCUT2D eigenvalue weighted by atomic mass is 16.3. The van der Waals surface area contributed by atoms with Gasteiger partial charge in [0, 0.05) is 7.05 Å². The molecule has 0 saturated carbocycles. The summed E-state index contributed by atoms with van der Waals surface area (Å²) in [6.07, 6.45) is 1.65. The lowest BCUT2D eigenvalue weighted by Gasteiger charge is -1.94. The molecule has 2 aromatic heterocycles. The van der Waals surface area contributed by atoms with Crippen molar-refractivity contribution in [1.82, 2.24) is 15.0 Å². The number of nitrogens with zero attached hydrogens (tertiary/aromatic N) is 3. The maximum atomic E-state index is 5.43. The van der Waals surface area contributed by atoms with Gasteiger partial charge in [-0.3, -0.25) is 0 Å². The zero-order chi connectivity index (χ0) is 9.26. The van der Waals surface area contributed by atoms with Crippen LogP contribution < -0.4 is 5.73 Å². The van der Waals surface area contributed by atoms with Crippen LogP contribution in [0.5, 0.6) is 0 Å². The first-order valence-electron chi connectivity index (χ1n) is 3.95. The summed E-state index contributed by atoms with van der Waals surface area (Å²) in [5.41, 5.74) is 6.27. The van der Waals surface area contributed by atoms with Crippen molar-refractivity contribution in [1.29, 1.82) is 0 Å². The number of rotatable bonds is 2. The van der Waals surface area contributed by atoms with E-state index in [1.165, 1.54) is 0 Å². The minimum absolute atomic E-state index is 0.408. The van der Waals surface area contributed by atoms with E-state index in [0.717, 1.165) is 17.2 Å². The molecule has 0 saturated heterocycles. The molecule has 0 aromatic carbocycles. The van der Waals surface area contributed by atoms with Crippen LogP contribution in [0, 0.1) is 0 Å². The Morgan fingerprint density at radius 3 is 2.92 bits per heavy atom. The molecule has 0 amide bonds. The van der Waals surface area contributed by atoms with Gasteiger partial charge in [-0.05, 0) is 12.1 Å². The van der Waals surface area contributed by atoms with Crippen LogP contribution in [0.2, 0.25) is 0 Å². The molecule has 2 heterocycles. The van der Waals surface area contributed by atoms with Gasteiger partial charge in [0.25, 0.3) is 0 Å². The summed E-state index contributed by atoms with van der Waals surface area (Å²) in [4.78, 5) is 0. The number of hydrogen-bond acceptors (Lipinski definition) is 4. The molecule has 0 aliphatic rings. The van der Waals surface area contributed by atoms with Crippen molar-refractivity contribution in [2.75, 3.05) is 0 Å². The third kappa shape index (κ3) is 1.33. The fourth-order valence-electron chi connectivity index (χ4n) is 1.14. The summed E-state index contributed by atoms with van der Waals surface area (Å²) >= 11 is 0. The molecule has 5 heteroatoms. The number of nitrogens with two attached hydrogens (primary N) is 1. The zero-order valence-corrected chi connectivity index (χ0v) is 7.27. The third-order valence-corrected chi connectivity index (χ3v) is 1.83. The Morgan fingerprint density at radius 2 is 2.38 bits per heavy atom. The predicted octanol–water partition coefficient (Wildman–Crippen LogP) is 0.534. The predicted molar refractivity (Wildman–Crippen MR) is 46.6 cm³/mol. The van der Waals surface area contributed by atoms with E-state index in [1.807, 2.05) is 19.2 Å². The van der Waals surface area contributed by atoms with E-state index in [0.29, 0.717) is 6.54 Å². The number of furan rings is 1. The van der Waals surface area contributed by atoms with Crippen molar-refractivity contribution < 1.29 is 4.42 Å². The molecule has 0 spiro atoms. The zero-order valence-electron chi connectivity index (χ0n) is 7.27. The minimum atomic E-state index is 0.408. The molecule has 68 valence electrons. The van der Waals surface area contributed by atoms with E-state index in [1.54, 1.807) is 10.9 Å². The molecule has 5 nitrogen and oxygen atoms in total. The summed E-state index contributed by atoms with van der Waals surface area (Å²) < 4.78 is 7.08. The highest BCUT2D eigenvalue weighted by Crippen LogP contribution is 2.19. The molecular weight excluding hydrogens is 168 g/mol. The molecule has 0 fully saturated rings. The topological polar surface area (TPSA) is 69.9 Å². The quantitative estimate of drug-likeness (QED) is 0.728. The molecule has 0 atom stereocenters. The smallest absolute Gasteiger partial charge is 0.154 e. The lowest BCUT2D eigenvalue weighted by molar-refractivity contribution is 0.519. The molecule has 2 rings (SSSR count). The van der Waals surface area contributed by atoms with Crippen molar-refractivity contribution in [3.8, 4) is 11.5 Å². The standard InChI is InChI=1S/C8H10N4O/c1-12-7(5-10-11-12)8-3-2-6(4-9)13-8/h2-3,5H,4,9H2,1H3. The first kappa shape index (κ1) is 8.00. The van der Waals surface area contributed by atoms with Crippen molar-refractivity contribution in [3.63, 3.8) is 0 Å². The van der Waals surface area contributed by atoms with Crippen LogP contribution in [-0.2, 0) is 13.6 Å². The summed E-state index contributed by atoms with van der Waals surface area (Å²) in [7, 11) is 1.81. The van der Waals surface area contributed by atoms with E-state index in [-0.39, 0.29) is 0 Å². The SMILES string of the molecule is Cn1nncc1-c1ccc(CN)o1. The van der Waals surface area contributed by atoms with Crippen molar-refractivity contribution in [3.05, 3.63) is 24.1 Å². The van der Waals surface area contributed by atoms with Crippen LogP contribution in [0.4, 0.5) is 0 Å². The minimum Gasteiger partial charge on any atom is -0.458 e. The second kappa shape index (κ2) is 3.02. The Bertz CT molecular complexity index is 404. The highest BCUT2D eigenvalue weighted by Gasteiger charge is 2.07. The molecule has 0 aliphatic carbocycles. The lowest BCUT2D eigenvalue weighted by Crippen LogP contribution is -1.94. The van der Waals surface area contributed by atoms with Crippen molar-refractivity contribution in [2.24, 2.45) is 12.8 Å². The number of aromatic nitrogens is 3. The van der Waals surface area contributed by atoms with Crippen molar-refractivity contribution >= 4 is 0 Å². The summed E-state index contributed by atoms with van der Waals surface area (Å²) in [6, 6.07) is 3.71. The van der Waals surface area contributed by atoms with E-state index in [9.17, 15) is 0 Å². The Labute approximate surface area is 75.1 Å². The van der Waals surface area contributed by atoms with Crippen LogP contribution >= 0.6 is 0 Å². The van der Waals surface area contributed by atoms with Gasteiger partial charge in [0.15, 0.2) is 5.76 Å². The normalized spacial score (nSPS) is 10.6. The largest absolute Gasteiger partial charge is 0.458 e. The molecule has 0 unspecified atom stereocenters. The average molecular weight is 178 g/mol. The Hall–Kier alpha value is -1.62. The molecular formula is C8H10N4O. The van der Waals surface area contributed by atoms with Gasteiger partial charge in [-0.15, -0.1) is 5.10 Å². The molecule has 0 bridgehead atoms. The first-order valence-corrected chi connectivity index (χ1v) is 3.95. The Kier molecular flexibility index (Phi) is 1.86. The molecule has 2 N–H and O–H groups in total. The molecule has 0 radical (unpaired) electrons. The first-order chi connectivity index (χ1) is 6.31. The number of hydrogen-bond donors (Lipinski definition) is 1. The second-order valence-corrected chi connectivity index (χ2v) is 2.71. The maximum absolute atomic E-state index is 5.43. The third-order valence-electron chi connectivity index (χ3n) is 1.83. The van der Waals surface area contributed by atoms with Gasteiger partial charge in [-0.1, -0.05) is 5.21 Å². The van der Waals surface area contributed by atoms with Gasteiger partial charge >= 0.3 is 0 Å². The summed E-state index contributed by atoms with van der Waals surface area (Å²) in [6.45, 7) is 0.408. The van der Waals surface area contributed by atoms with E-state index in [2.05, 4.69) is 10.3 Å². The fraction of sp³-hybridized carbons (Fsp3) is 0.250. The second-order valence-electron chi connectivity index (χ2n) is 2.71. The van der Waals surface area contributed by atoms with Gasteiger partial charge in [0.05, 0.1) is 12.7 Å². The average Bonchev–Trinajstić information content (AvgIpc) is 2.71. The van der Waals surface area contributed by atoms with E-state index >= 15 is 0 Å². The van der Waals surface area contributed by atoms with Crippen LogP contribution in [0.15, 0.2) is 22.7 Å². The Morgan fingerprint density at radius 1 is 1.54 bits per heavy atom. The van der Waals surface area contributed by atoms with Gasteiger partial charge in [-0.2, -0.15) is 0 Å². The van der Waals surface area contributed by atoms with Gasteiger partial charge in [0.2, 0.25) is 0 Å². The van der Waals surface area contributed by atoms with Crippen LogP contribution in [0.3, 0.4) is 0 Å². The summed E-state index contributed by atoms with van der Waals surface area (Å²) in [5.74, 6) is 1.50. The van der Waals surface area contributed by atoms with Gasteiger partial charge in [-0.25, -0.2) is 4.68 Å². The van der Waals surface area contributed by atoms with Crippen LogP contribution in [0.25, 0.3) is 11.5 Å². The van der Waals surface area contributed by atoms with Crippen LogP contribution in [0.1, 0.15) is 5.76 Å². The van der Waals surface area contributed by atoms with Crippen molar-refractivity contribution in [2.45, 2.75) is 6.54 Å². The Balaban J connectivity index is 2.41. The highest BCUT2D eigenvalue weighted by molar-refractivity contribution is 5.50. The maximum Gasteiger partial charge on any atom is 0.154 e. The monoisotopic (exact) mass is 178 g/mol.